The van der Waals surface area contributed by atoms with E-state index in [4.69, 9.17) is 5.11 Å². The predicted molar refractivity (Wildman–Crippen MR) is 69.5 cm³/mol. The van der Waals surface area contributed by atoms with Crippen LogP contribution in [0, 0.1) is 0 Å². The summed E-state index contributed by atoms with van der Waals surface area (Å²) in [5.41, 5.74) is 0.245. The van der Waals surface area contributed by atoms with Crippen LogP contribution >= 0.6 is 0 Å². The Morgan fingerprint density at radius 3 is 1.94 bits per heavy atom. The first-order valence-corrected chi connectivity index (χ1v) is 5.04. The van der Waals surface area contributed by atoms with Crippen LogP contribution < -0.4 is 5.32 Å². The third kappa shape index (κ3) is 14.9. The highest BCUT2D eigenvalue weighted by Crippen LogP contribution is 2.01. The Morgan fingerprint density at radius 1 is 1.12 bits per heavy atom. The lowest BCUT2D eigenvalue weighted by Crippen LogP contribution is -2.11. The Bertz CT molecular complexity index is 236. The van der Waals surface area contributed by atoms with Crippen molar-refractivity contribution in [2.45, 2.75) is 12.8 Å². The predicted octanol–water partition coefficient (Wildman–Crippen LogP) is 2.54. The second kappa shape index (κ2) is 13.4. The van der Waals surface area contributed by atoms with E-state index in [2.05, 4.69) is 31.6 Å². The molecule has 0 aromatic heterocycles. The lowest BCUT2D eigenvalue weighted by Gasteiger charge is -1.93. The molecule has 0 heterocycles. The van der Waals surface area contributed by atoms with Crippen LogP contribution in [0.4, 0.5) is 0 Å². The molecule has 0 rings (SSSR count). The Labute approximate surface area is 97.9 Å². The standard InChI is InChI=1S/C7H10O2.C6H11N/c1-3-4-5-6(2)7(8)9;1-3-5-7-6-4-2/h3H,1-2,4-5H2,(H,8,9);3-4,7H,1-2,5-6H2. The maximum Gasteiger partial charge on any atom is 0.330 e. The van der Waals surface area contributed by atoms with Crippen molar-refractivity contribution in [3.05, 3.63) is 50.1 Å². The molecule has 0 aromatic rings. The molecular weight excluding hydrogens is 202 g/mol. The number of hydrogen-bond donors (Lipinski definition) is 2. The van der Waals surface area contributed by atoms with Crippen molar-refractivity contribution in [3.8, 4) is 0 Å². The van der Waals surface area contributed by atoms with Crippen LogP contribution in [0.15, 0.2) is 50.1 Å². The summed E-state index contributed by atoms with van der Waals surface area (Å²) in [6, 6.07) is 0. The Hall–Kier alpha value is -1.61. The van der Waals surface area contributed by atoms with E-state index in [0.29, 0.717) is 12.8 Å². The van der Waals surface area contributed by atoms with Gasteiger partial charge >= 0.3 is 5.97 Å². The van der Waals surface area contributed by atoms with Crippen molar-refractivity contribution in [1.82, 2.24) is 5.32 Å². The molecule has 0 amide bonds. The molecule has 0 atom stereocenters. The minimum atomic E-state index is -0.920. The van der Waals surface area contributed by atoms with E-state index in [1.54, 1.807) is 6.08 Å². The maximum absolute atomic E-state index is 10.1. The molecule has 2 N–H and O–H groups in total. The van der Waals surface area contributed by atoms with Gasteiger partial charge in [0.1, 0.15) is 0 Å². The number of aliphatic carboxylic acids is 1. The van der Waals surface area contributed by atoms with Gasteiger partial charge in [-0.1, -0.05) is 24.8 Å². The van der Waals surface area contributed by atoms with E-state index in [1.807, 2.05) is 12.2 Å². The molecule has 90 valence electrons. The summed E-state index contributed by atoms with van der Waals surface area (Å²) >= 11 is 0. The lowest BCUT2D eigenvalue weighted by atomic mass is 10.2. The van der Waals surface area contributed by atoms with Crippen LogP contribution in [0.1, 0.15) is 12.8 Å². The third-order valence-electron chi connectivity index (χ3n) is 1.53. The Kier molecular flexibility index (Phi) is 14.1. The summed E-state index contributed by atoms with van der Waals surface area (Å²) in [5.74, 6) is -0.920. The normalized spacial score (nSPS) is 8.25. The van der Waals surface area contributed by atoms with Crippen LogP contribution in [0.2, 0.25) is 0 Å². The molecule has 0 aliphatic rings. The van der Waals surface area contributed by atoms with E-state index in [9.17, 15) is 4.79 Å². The molecule has 0 saturated heterocycles. The molecule has 0 aromatic carbocycles. The highest BCUT2D eigenvalue weighted by atomic mass is 16.4. The van der Waals surface area contributed by atoms with Crippen molar-refractivity contribution < 1.29 is 9.90 Å². The van der Waals surface area contributed by atoms with Crippen LogP contribution in [0.3, 0.4) is 0 Å². The molecule has 16 heavy (non-hydrogen) atoms. The van der Waals surface area contributed by atoms with Gasteiger partial charge in [0, 0.05) is 18.7 Å². The number of carboxylic acid groups (broad SMARTS) is 1. The maximum atomic E-state index is 10.1. The van der Waals surface area contributed by atoms with Crippen LogP contribution in [-0.2, 0) is 4.79 Å². The molecule has 0 aliphatic heterocycles. The van der Waals surface area contributed by atoms with Gasteiger partial charge in [0.15, 0.2) is 0 Å². The first kappa shape index (κ1) is 16.8. The summed E-state index contributed by atoms with van der Waals surface area (Å²) in [6.07, 6.45) is 6.51. The minimum Gasteiger partial charge on any atom is -0.478 e. The monoisotopic (exact) mass is 223 g/mol. The van der Waals surface area contributed by atoms with E-state index in [-0.39, 0.29) is 5.57 Å². The average molecular weight is 223 g/mol. The van der Waals surface area contributed by atoms with E-state index >= 15 is 0 Å². The number of nitrogens with one attached hydrogen (secondary N) is 1. The summed E-state index contributed by atoms with van der Waals surface area (Å²) in [6.45, 7) is 15.6. The van der Waals surface area contributed by atoms with Gasteiger partial charge in [-0.15, -0.1) is 19.7 Å². The molecule has 0 aliphatic carbocycles. The van der Waals surface area contributed by atoms with Crippen molar-refractivity contribution in [1.29, 1.82) is 0 Å². The first-order chi connectivity index (χ1) is 7.59. The number of allylic oxidation sites excluding steroid dienone is 1. The van der Waals surface area contributed by atoms with Crippen LogP contribution in [0.5, 0.6) is 0 Å². The Balaban J connectivity index is 0. The minimum absolute atomic E-state index is 0.245. The van der Waals surface area contributed by atoms with Gasteiger partial charge in [0.05, 0.1) is 0 Å². The van der Waals surface area contributed by atoms with Gasteiger partial charge in [-0.05, 0) is 12.8 Å². The van der Waals surface area contributed by atoms with Crippen LogP contribution in [-0.4, -0.2) is 24.2 Å². The molecular formula is C13H21NO2. The molecule has 3 nitrogen and oxygen atoms in total. The summed E-state index contributed by atoms with van der Waals surface area (Å²) in [5, 5.41) is 11.3. The highest BCUT2D eigenvalue weighted by Gasteiger charge is 1.99. The zero-order chi connectivity index (χ0) is 12.8. The number of carbonyl (C=O) groups is 1. The van der Waals surface area contributed by atoms with Gasteiger partial charge in [0.25, 0.3) is 0 Å². The highest BCUT2D eigenvalue weighted by molar-refractivity contribution is 5.85. The second-order valence-electron chi connectivity index (χ2n) is 2.97. The van der Waals surface area contributed by atoms with Crippen molar-refractivity contribution in [2.75, 3.05) is 13.1 Å². The zero-order valence-corrected chi connectivity index (χ0v) is 9.74. The smallest absolute Gasteiger partial charge is 0.330 e. The summed E-state index contributed by atoms with van der Waals surface area (Å²) < 4.78 is 0. The van der Waals surface area contributed by atoms with Crippen LogP contribution in [0.25, 0.3) is 0 Å². The molecule has 0 radical (unpaired) electrons. The first-order valence-electron chi connectivity index (χ1n) is 5.04. The Morgan fingerprint density at radius 2 is 1.62 bits per heavy atom. The number of rotatable bonds is 8. The molecule has 3 heteroatoms. The van der Waals surface area contributed by atoms with Crippen molar-refractivity contribution in [2.24, 2.45) is 0 Å². The molecule has 0 bridgehead atoms. The molecule has 0 saturated carbocycles. The topological polar surface area (TPSA) is 49.3 Å². The second-order valence-corrected chi connectivity index (χ2v) is 2.97. The van der Waals surface area contributed by atoms with Gasteiger partial charge in [-0.25, -0.2) is 4.79 Å². The van der Waals surface area contributed by atoms with Crippen molar-refractivity contribution >= 4 is 5.97 Å². The molecule has 0 spiro atoms. The fraction of sp³-hybridized carbons (Fsp3) is 0.308. The van der Waals surface area contributed by atoms with E-state index in [1.165, 1.54) is 0 Å². The quantitative estimate of drug-likeness (QED) is 0.378. The lowest BCUT2D eigenvalue weighted by molar-refractivity contribution is -0.132. The summed E-state index contributed by atoms with van der Waals surface area (Å²) in [4.78, 5) is 10.1. The average Bonchev–Trinajstić information content (AvgIpc) is 2.27. The third-order valence-corrected chi connectivity index (χ3v) is 1.53. The molecule has 0 unspecified atom stereocenters. The summed E-state index contributed by atoms with van der Waals surface area (Å²) in [7, 11) is 0. The van der Waals surface area contributed by atoms with Gasteiger partial charge in [-0.3, -0.25) is 0 Å². The zero-order valence-electron chi connectivity index (χ0n) is 9.74. The number of carboxylic acids is 1. The van der Waals surface area contributed by atoms with E-state index < -0.39 is 5.97 Å². The van der Waals surface area contributed by atoms with E-state index in [0.717, 1.165) is 13.1 Å². The molecule has 0 fully saturated rings. The number of hydrogen-bond acceptors (Lipinski definition) is 2. The fourth-order valence-corrected chi connectivity index (χ4v) is 0.671. The largest absolute Gasteiger partial charge is 0.478 e. The fourth-order valence-electron chi connectivity index (χ4n) is 0.671. The SMILES string of the molecule is C=CCCC(=C)C(=O)O.C=CCNCC=C. The van der Waals surface area contributed by atoms with Crippen molar-refractivity contribution in [3.63, 3.8) is 0 Å². The van der Waals surface area contributed by atoms with Gasteiger partial charge < -0.3 is 10.4 Å². The van der Waals surface area contributed by atoms with Gasteiger partial charge in [-0.2, -0.15) is 0 Å². The van der Waals surface area contributed by atoms with Gasteiger partial charge in [0.2, 0.25) is 0 Å².